The van der Waals surface area contributed by atoms with Gasteiger partial charge in [-0.3, -0.25) is 5.73 Å². The zero-order valence-corrected chi connectivity index (χ0v) is 10.8. The Morgan fingerprint density at radius 2 is 2.26 bits per heavy atom. The SMILES string of the molecule is NC(=O)O[C@@H]1CCc2cccc(Cl)c2[C@@H]1OC(N)O. The Morgan fingerprint density at radius 3 is 2.89 bits per heavy atom. The van der Waals surface area contributed by atoms with Crippen LogP contribution in [-0.4, -0.2) is 23.7 Å². The molecule has 1 aliphatic carbocycles. The first-order chi connectivity index (χ1) is 8.99. The van der Waals surface area contributed by atoms with Crippen LogP contribution < -0.4 is 11.5 Å². The van der Waals surface area contributed by atoms with E-state index < -0.39 is 24.7 Å². The molecule has 5 N–H and O–H groups in total. The molecular formula is C12H15ClN2O4. The molecule has 19 heavy (non-hydrogen) atoms. The molecule has 104 valence electrons. The van der Waals surface area contributed by atoms with Crippen molar-refractivity contribution in [1.82, 2.24) is 0 Å². The summed E-state index contributed by atoms with van der Waals surface area (Å²) in [5, 5.41) is 9.69. The lowest BCUT2D eigenvalue weighted by Crippen LogP contribution is -2.38. The highest BCUT2D eigenvalue weighted by Gasteiger charge is 2.35. The summed E-state index contributed by atoms with van der Waals surface area (Å²) in [4.78, 5) is 10.9. The maximum atomic E-state index is 10.9. The van der Waals surface area contributed by atoms with Crippen LogP contribution >= 0.6 is 11.6 Å². The van der Waals surface area contributed by atoms with Crippen molar-refractivity contribution in [2.45, 2.75) is 31.5 Å². The van der Waals surface area contributed by atoms with Crippen LogP contribution in [0.5, 0.6) is 0 Å². The average molecular weight is 287 g/mol. The summed E-state index contributed by atoms with van der Waals surface area (Å²) >= 11 is 6.15. The van der Waals surface area contributed by atoms with Crippen molar-refractivity contribution >= 4 is 17.7 Å². The number of aryl methyl sites for hydroxylation is 1. The summed E-state index contributed by atoms with van der Waals surface area (Å²) in [6.45, 7) is 0. The summed E-state index contributed by atoms with van der Waals surface area (Å²) in [5.74, 6) is 0. The molecule has 0 aromatic heterocycles. The molecule has 2 rings (SSSR count). The molecule has 1 unspecified atom stereocenters. The molecule has 1 aromatic rings. The second-order valence-electron chi connectivity index (χ2n) is 4.27. The van der Waals surface area contributed by atoms with Crippen LogP contribution in [0.2, 0.25) is 5.02 Å². The predicted octanol–water partition coefficient (Wildman–Crippen LogP) is 1.04. The number of halogens is 1. The maximum Gasteiger partial charge on any atom is 0.404 e. The van der Waals surface area contributed by atoms with E-state index in [-0.39, 0.29) is 0 Å². The number of carbonyl (C=O) groups is 1. The van der Waals surface area contributed by atoms with Crippen molar-refractivity contribution in [2.75, 3.05) is 0 Å². The number of carbonyl (C=O) groups excluding carboxylic acids is 1. The van der Waals surface area contributed by atoms with E-state index in [2.05, 4.69) is 0 Å². The van der Waals surface area contributed by atoms with Gasteiger partial charge >= 0.3 is 6.09 Å². The van der Waals surface area contributed by atoms with Crippen molar-refractivity contribution in [2.24, 2.45) is 11.5 Å². The van der Waals surface area contributed by atoms with Gasteiger partial charge in [0.25, 0.3) is 0 Å². The number of nitrogens with two attached hydrogens (primary N) is 2. The van der Waals surface area contributed by atoms with E-state index >= 15 is 0 Å². The zero-order valence-electron chi connectivity index (χ0n) is 10.1. The maximum absolute atomic E-state index is 10.9. The number of aliphatic hydroxyl groups is 1. The smallest absolute Gasteiger partial charge is 0.404 e. The molecular weight excluding hydrogens is 272 g/mol. The minimum absolute atomic E-state index is 0.473. The number of benzene rings is 1. The molecule has 0 saturated carbocycles. The summed E-state index contributed by atoms with van der Waals surface area (Å²) in [7, 11) is 0. The van der Waals surface area contributed by atoms with Crippen LogP contribution in [0, 0.1) is 0 Å². The number of hydrogen-bond donors (Lipinski definition) is 3. The number of hydrogen-bond acceptors (Lipinski definition) is 5. The molecule has 3 atom stereocenters. The third-order valence-corrected chi connectivity index (χ3v) is 3.35. The normalized spacial score (nSPS) is 23.5. The monoisotopic (exact) mass is 286 g/mol. The van der Waals surface area contributed by atoms with Gasteiger partial charge in [0, 0.05) is 10.6 Å². The number of amides is 1. The van der Waals surface area contributed by atoms with Gasteiger partial charge in [0.1, 0.15) is 12.2 Å². The Bertz CT molecular complexity index is 481. The van der Waals surface area contributed by atoms with Crippen LogP contribution in [0.15, 0.2) is 18.2 Å². The first kappa shape index (κ1) is 14.1. The quantitative estimate of drug-likeness (QED) is 0.720. The van der Waals surface area contributed by atoms with Crippen molar-refractivity contribution in [3.05, 3.63) is 34.3 Å². The lowest BCUT2D eigenvalue weighted by atomic mass is 9.87. The third kappa shape index (κ3) is 3.16. The van der Waals surface area contributed by atoms with Crippen molar-refractivity contribution in [3.63, 3.8) is 0 Å². The Balaban J connectivity index is 2.36. The standard InChI is InChI=1S/C12H15ClN2O4/c13-7-3-1-2-6-4-5-8(18-11(14)16)10(9(6)7)19-12(15)17/h1-3,8,10,12,17H,4-5,15H2,(H2,14,16)/t8-,10-,12?/m1/s1. The summed E-state index contributed by atoms with van der Waals surface area (Å²) in [6, 6.07) is 5.43. The summed E-state index contributed by atoms with van der Waals surface area (Å²) in [6.07, 6.45) is -2.55. The minimum Gasteiger partial charge on any atom is -0.443 e. The minimum atomic E-state index is -1.49. The number of rotatable bonds is 3. The molecule has 0 aliphatic heterocycles. The van der Waals surface area contributed by atoms with Crippen LogP contribution in [0.1, 0.15) is 23.7 Å². The van der Waals surface area contributed by atoms with Crippen LogP contribution in [0.25, 0.3) is 0 Å². The van der Waals surface area contributed by atoms with Gasteiger partial charge in [-0.05, 0) is 24.5 Å². The molecule has 6 nitrogen and oxygen atoms in total. The average Bonchev–Trinajstić information content (AvgIpc) is 2.31. The van der Waals surface area contributed by atoms with Gasteiger partial charge in [-0.25, -0.2) is 4.79 Å². The second kappa shape index (κ2) is 5.75. The lowest BCUT2D eigenvalue weighted by molar-refractivity contribution is -0.167. The number of fused-ring (bicyclic) bond motifs is 1. The Kier molecular flexibility index (Phi) is 4.26. The summed E-state index contributed by atoms with van der Waals surface area (Å²) in [5.41, 5.74) is 11.9. The Hall–Kier alpha value is -1.34. The molecule has 0 saturated heterocycles. The van der Waals surface area contributed by atoms with Gasteiger partial charge in [0.15, 0.2) is 0 Å². The van der Waals surface area contributed by atoms with E-state index in [9.17, 15) is 9.90 Å². The first-order valence-electron chi connectivity index (χ1n) is 5.81. The Morgan fingerprint density at radius 1 is 1.53 bits per heavy atom. The second-order valence-corrected chi connectivity index (χ2v) is 4.68. The highest BCUT2D eigenvalue weighted by atomic mass is 35.5. The molecule has 1 aliphatic rings. The highest BCUT2D eigenvalue weighted by Crippen LogP contribution is 2.39. The van der Waals surface area contributed by atoms with E-state index in [1.807, 2.05) is 12.1 Å². The Labute approximate surface area is 115 Å². The number of ether oxygens (including phenoxy) is 2. The number of aliphatic hydroxyl groups excluding tert-OH is 1. The van der Waals surface area contributed by atoms with Gasteiger partial charge in [0.2, 0.25) is 6.41 Å². The molecule has 0 heterocycles. The molecule has 1 aromatic carbocycles. The zero-order chi connectivity index (χ0) is 14.0. The fourth-order valence-corrected chi connectivity index (χ4v) is 2.63. The topological polar surface area (TPSA) is 108 Å². The molecule has 0 radical (unpaired) electrons. The van der Waals surface area contributed by atoms with E-state index in [0.717, 1.165) is 5.56 Å². The van der Waals surface area contributed by atoms with E-state index in [1.54, 1.807) is 6.07 Å². The van der Waals surface area contributed by atoms with Gasteiger partial charge in [0.05, 0.1) is 0 Å². The van der Waals surface area contributed by atoms with Gasteiger partial charge in [-0.1, -0.05) is 23.7 Å². The van der Waals surface area contributed by atoms with Crippen molar-refractivity contribution in [1.29, 1.82) is 0 Å². The van der Waals surface area contributed by atoms with Crippen molar-refractivity contribution in [3.8, 4) is 0 Å². The lowest BCUT2D eigenvalue weighted by Gasteiger charge is -2.33. The van der Waals surface area contributed by atoms with Gasteiger partial charge in [-0.2, -0.15) is 0 Å². The van der Waals surface area contributed by atoms with E-state index in [0.29, 0.717) is 23.4 Å². The highest BCUT2D eigenvalue weighted by molar-refractivity contribution is 6.31. The van der Waals surface area contributed by atoms with Crippen LogP contribution in [0.3, 0.4) is 0 Å². The molecule has 0 spiro atoms. The fraction of sp³-hybridized carbons (Fsp3) is 0.417. The predicted molar refractivity (Wildman–Crippen MR) is 68.2 cm³/mol. The molecule has 0 fully saturated rings. The third-order valence-electron chi connectivity index (χ3n) is 3.02. The number of primary amides is 1. The molecule has 7 heteroatoms. The van der Waals surface area contributed by atoms with Crippen LogP contribution in [-0.2, 0) is 15.9 Å². The first-order valence-corrected chi connectivity index (χ1v) is 6.19. The molecule has 0 bridgehead atoms. The van der Waals surface area contributed by atoms with Gasteiger partial charge in [-0.15, -0.1) is 0 Å². The van der Waals surface area contributed by atoms with Crippen molar-refractivity contribution < 1.29 is 19.4 Å². The van der Waals surface area contributed by atoms with Gasteiger partial charge < -0.3 is 20.3 Å². The fourth-order valence-electron chi connectivity index (χ4n) is 2.33. The largest absolute Gasteiger partial charge is 0.443 e. The van der Waals surface area contributed by atoms with E-state index in [1.165, 1.54) is 0 Å². The van der Waals surface area contributed by atoms with E-state index in [4.69, 9.17) is 32.5 Å². The molecule has 1 amide bonds. The van der Waals surface area contributed by atoms with Crippen LogP contribution in [0.4, 0.5) is 4.79 Å². The summed E-state index contributed by atoms with van der Waals surface area (Å²) < 4.78 is 10.2.